The molecule has 2 nitrogen and oxygen atoms in total. The number of para-hydroxylation sites is 1. The van der Waals surface area contributed by atoms with Gasteiger partial charge in [-0.05, 0) is 35.9 Å². The van der Waals surface area contributed by atoms with E-state index in [-0.39, 0.29) is 5.91 Å². The van der Waals surface area contributed by atoms with Gasteiger partial charge >= 0.3 is 0 Å². The highest BCUT2D eigenvalue weighted by atomic mass is 79.9. The predicted molar refractivity (Wildman–Crippen MR) is 78.6 cm³/mol. The molecule has 0 radical (unpaired) electrons. The molecule has 0 aliphatic heterocycles. The van der Waals surface area contributed by atoms with E-state index < -0.39 is 0 Å². The van der Waals surface area contributed by atoms with Crippen LogP contribution in [0.15, 0.2) is 59.6 Å². The van der Waals surface area contributed by atoms with Crippen LogP contribution in [0.4, 0.5) is 5.69 Å². The maximum atomic E-state index is 12.0. The number of hydrogen-bond acceptors (Lipinski definition) is 1. The zero-order valence-electron chi connectivity index (χ0n) is 9.69. The number of carbonyl (C=O) groups is 1. The smallest absolute Gasteiger partial charge is 0.255 e. The zero-order chi connectivity index (χ0) is 13.0. The summed E-state index contributed by atoms with van der Waals surface area (Å²) in [7, 11) is 0. The Labute approximate surface area is 114 Å². The first-order valence-electron chi connectivity index (χ1n) is 5.49. The summed E-state index contributed by atoms with van der Waals surface area (Å²) >= 11 is 3.34. The highest BCUT2D eigenvalue weighted by molar-refractivity contribution is 9.10. The SMILES string of the molecule is C=Cc1ccccc1NC(=O)c1ccc(Br)cc1. The second-order valence-electron chi connectivity index (χ2n) is 3.75. The fourth-order valence-corrected chi connectivity index (χ4v) is 1.85. The second kappa shape index (κ2) is 5.65. The number of anilines is 1. The van der Waals surface area contributed by atoms with Crippen LogP contribution in [-0.2, 0) is 0 Å². The van der Waals surface area contributed by atoms with E-state index in [2.05, 4.69) is 27.8 Å². The van der Waals surface area contributed by atoms with Crippen LogP contribution in [0, 0.1) is 0 Å². The molecule has 1 amide bonds. The molecule has 2 aromatic carbocycles. The molecule has 90 valence electrons. The minimum atomic E-state index is -0.128. The van der Waals surface area contributed by atoms with Crippen LogP contribution in [0.2, 0.25) is 0 Å². The van der Waals surface area contributed by atoms with Gasteiger partial charge in [-0.25, -0.2) is 0 Å². The Morgan fingerprint density at radius 1 is 1.11 bits per heavy atom. The standard InChI is InChI=1S/C15H12BrNO/c1-2-11-5-3-4-6-14(11)17-15(18)12-7-9-13(16)10-8-12/h2-10H,1H2,(H,17,18). The lowest BCUT2D eigenvalue weighted by atomic mass is 10.1. The Kier molecular flexibility index (Phi) is 3.95. The van der Waals surface area contributed by atoms with Crippen molar-refractivity contribution >= 4 is 33.6 Å². The Balaban J connectivity index is 2.21. The van der Waals surface area contributed by atoms with Gasteiger partial charge in [0.05, 0.1) is 0 Å². The molecule has 0 bridgehead atoms. The van der Waals surface area contributed by atoms with Gasteiger partial charge in [-0.15, -0.1) is 0 Å². The summed E-state index contributed by atoms with van der Waals surface area (Å²) < 4.78 is 0.950. The van der Waals surface area contributed by atoms with Crippen molar-refractivity contribution < 1.29 is 4.79 Å². The molecule has 2 rings (SSSR count). The first kappa shape index (κ1) is 12.6. The maximum Gasteiger partial charge on any atom is 0.255 e. The molecule has 1 N–H and O–H groups in total. The molecule has 0 atom stereocenters. The van der Waals surface area contributed by atoms with Gasteiger partial charge < -0.3 is 5.32 Å². The third kappa shape index (κ3) is 2.87. The molecule has 0 aliphatic rings. The summed E-state index contributed by atoms with van der Waals surface area (Å²) in [5, 5.41) is 2.87. The lowest BCUT2D eigenvalue weighted by Crippen LogP contribution is -2.12. The summed E-state index contributed by atoms with van der Waals surface area (Å²) in [5.41, 5.74) is 2.29. The van der Waals surface area contributed by atoms with Gasteiger partial charge in [-0.3, -0.25) is 4.79 Å². The molecule has 2 aromatic rings. The number of carbonyl (C=O) groups excluding carboxylic acids is 1. The molecule has 3 heteroatoms. The average molecular weight is 302 g/mol. The Morgan fingerprint density at radius 3 is 2.44 bits per heavy atom. The molecule has 0 saturated heterocycles. The van der Waals surface area contributed by atoms with E-state index in [0.29, 0.717) is 5.56 Å². The predicted octanol–water partition coefficient (Wildman–Crippen LogP) is 4.34. The van der Waals surface area contributed by atoms with Gasteiger partial charge in [-0.1, -0.05) is 46.8 Å². The van der Waals surface area contributed by atoms with E-state index >= 15 is 0 Å². The number of halogens is 1. The molecule has 0 unspecified atom stereocenters. The fraction of sp³-hybridized carbons (Fsp3) is 0. The number of hydrogen-bond donors (Lipinski definition) is 1. The largest absolute Gasteiger partial charge is 0.321 e. The van der Waals surface area contributed by atoms with Gasteiger partial charge in [0.15, 0.2) is 0 Å². The first-order chi connectivity index (χ1) is 8.70. The topological polar surface area (TPSA) is 29.1 Å². The lowest BCUT2D eigenvalue weighted by Gasteiger charge is -2.08. The molecule has 0 aromatic heterocycles. The second-order valence-corrected chi connectivity index (χ2v) is 4.67. The molecular formula is C15H12BrNO. The van der Waals surface area contributed by atoms with Crippen molar-refractivity contribution in [3.8, 4) is 0 Å². The summed E-state index contributed by atoms with van der Waals surface area (Å²) in [5.74, 6) is -0.128. The first-order valence-corrected chi connectivity index (χ1v) is 6.28. The normalized spacial score (nSPS) is 9.83. The summed E-state index contributed by atoms with van der Waals surface area (Å²) in [4.78, 5) is 12.0. The van der Waals surface area contributed by atoms with Crippen LogP contribution < -0.4 is 5.32 Å². The number of nitrogens with one attached hydrogen (secondary N) is 1. The summed E-state index contributed by atoms with van der Waals surface area (Å²) in [6.45, 7) is 3.73. The summed E-state index contributed by atoms with van der Waals surface area (Å²) in [6, 6.07) is 14.8. The lowest BCUT2D eigenvalue weighted by molar-refractivity contribution is 0.102. The van der Waals surface area contributed by atoms with Crippen LogP contribution in [0.25, 0.3) is 6.08 Å². The van der Waals surface area contributed by atoms with Crippen molar-refractivity contribution in [2.75, 3.05) is 5.32 Å². The fourth-order valence-electron chi connectivity index (χ4n) is 1.58. The van der Waals surface area contributed by atoms with E-state index in [0.717, 1.165) is 15.7 Å². The van der Waals surface area contributed by atoms with Gasteiger partial charge in [-0.2, -0.15) is 0 Å². The molecule has 0 heterocycles. The van der Waals surface area contributed by atoms with Gasteiger partial charge in [0, 0.05) is 15.7 Å². The highest BCUT2D eigenvalue weighted by Gasteiger charge is 2.07. The number of benzene rings is 2. The Morgan fingerprint density at radius 2 is 1.78 bits per heavy atom. The monoisotopic (exact) mass is 301 g/mol. The molecule has 0 saturated carbocycles. The van der Waals surface area contributed by atoms with Gasteiger partial charge in [0.25, 0.3) is 5.91 Å². The van der Waals surface area contributed by atoms with Crippen LogP contribution in [0.3, 0.4) is 0 Å². The summed E-state index contributed by atoms with van der Waals surface area (Å²) in [6.07, 6.45) is 1.72. The van der Waals surface area contributed by atoms with E-state index in [1.165, 1.54) is 0 Å². The van der Waals surface area contributed by atoms with Crippen LogP contribution in [0.1, 0.15) is 15.9 Å². The number of rotatable bonds is 3. The van der Waals surface area contributed by atoms with Gasteiger partial charge in [0.2, 0.25) is 0 Å². The third-order valence-electron chi connectivity index (χ3n) is 2.54. The van der Waals surface area contributed by atoms with Crippen molar-refractivity contribution in [2.45, 2.75) is 0 Å². The van der Waals surface area contributed by atoms with Crippen LogP contribution in [-0.4, -0.2) is 5.91 Å². The van der Waals surface area contributed by atoms with Crippen molar-refractivity contribution in [1.82, 2.24) is 0 Å². The van der Waals surface area contributed by atoms with Crippen molar-refractivity contribution in [1.29, 1.82) is 0 Å². The van der Waals surface area contributed by atoms with Crippen LogP contribution >= 0.6 is 15.9 Å². The van der Waals surface area contributed by atoms with E-state index in [1.807, 2.05) is 36.4 Å². The van der Waals surface area contributed by atoms with Gasteiger partial charge in [0.1, 0.15) is 0 Å². The Hall–Kier alpha value is -1.87. The molecular weight excluding hydrogens is 290 g/mol. The van der Waals surface area contributed by atoms with Crippen molar-refractivity contribution in [2.24, 2.45) is 0 Å². The number of amides is 1. The minimum Gasteiger partial charge on any atom is -0.321 e. The van der Waals surface area contributed by atoms with E-state index in [9.17, 15) is 4.79 Å². The van der Waals surface area contributed by atoms with E-state index in [4.69, 9.17) is 0 Å². The quantitative estimate of drug-likeness (QED) is 0.897. The van der Waals surface area contributed by atoms with Crippen molar-refractivity contribution in [3.05, 3.63) is 70.7 Å². The maximum absolute atomic E-state index is 12.0. The van der Waals surface area contributed by atoms with Crippen LogP contribution in [0.5, 0.6) is 0 Å². The van der Waals surface area contributed by atoms with Crippen molar-refractivity contribution in [3.63, 3.8) is 0 Å². The molecule has 0 aliphatic carbocycles. The minimum absolute atomic E-state index is 0.128. The zero-order valence-corrected chi connectivity index (χ0v) is 11.3. The van der Waals surface area contributed by atoms with E-state index in [1.54, 1.807) is 18.2 Å². The Bertz CT molecular complexity index is 575. The molecule has 0 spiro atoms. The average Bonchev–Trinajstić information content (AvgIpc) is 2.40. The highest BCUT2D eigenvalue weighted by Crippen LogP contribution is 2.18. The molecule has 18 heavy (non-hydrogen) atoms. The molecule has 0 fully saturated rings. The third-order valence-corrected chi connectivity index (χ3v) is 3.06.